The number of aliphatic carboxylic acids is 1. The number of carbonyl (C=O) groups is 1. The summed E-state index contributed by atoms with van der Waals surface area (Å²) in [7, 11) is 0. The maximum atomic E-state index is 11.6. The standard InChI is InChI=1S/C27H30O6/c28-24(20-31-17-21-10-4-1-5-11-21)27(33-19-23-14-8-3-9-15-23)25(16-26(29)30)32-18-22-12-6-2-7-13-22/h1-15,24-25,27-28H,16-20H2,(H,29,30)/t24-,25-,27-/m1/s1. The van der Waals surface area contributed by atoms with E-state index < -0.39 is 24.3 Å². The van der Waals surface area contributed by atoms with Crippen LogP contribution in [0.3, 0.4) is 0 Å². The van der Waals surface area contributed by atoms with Crippen LogP contribution in [0.5, 0.6) is 0 Å². The summed E-state index contributed by atoms with van der Waals surface area (Å²) in [6.07, 6.45) is -3.12. The van der Waals surface area contributed by atoms with E-state index in [4.69, 9.17) is 14.2 Å². The lowest BCUT2D eigenvalue weighted by Crippen LogP contribution is -2.44. The third kappa shape index (κ3) is 8.79. The second-order valence-electron chi connectivity index (χ2n) is 7.76. The molecule has 0 aliphatic rings. The molecule has 0 radical (unpaired) electrons. The van der Waals surface area contributed by atoms with Gasteiger partial charge in [0.1, 0.15) is 12.2 Å². The predicted octanol–water partition coefficient (Wildman–Crippen LogP) is 4.21. The number of aliphatic hydroxyl groups is 1. The third-order valence-corrected chi connectivity index (χ3v) is 5.11. The highest BCUT2D eigenvalue weighted by atomic mass is 16.6. The zero-order chi connectivity index (χ0) is 23.3. The molecule has 3 aromatic carbocycles. The fourth-order valence-electron chi connectivity index (χ4n) is 3.42. The van der Waals surface area contributed by atoms with E-state index in [9.17, 15) is 15.0 Å². The summed E-state index contributed by atoms with van der Waals surface area (Å²) in [5, 5.41) is 20.4. The van der Waals surface area contributed by atoms with Crippen LogP contribution in [0.4, 0.5) is 0 Å². The molecule has 6 heteroatoms. The average Bonchev–Trinajstić information content (AvgIpc) is 2.84. The third-order valence-electron chi connectivity index (χ3n) is 5.11. The van der Waals surface area contributed by atoms with Crippen molar-refractivity contribution < 1.29 is 29.2 Å². The van der Waals surface area contributed by atoms with Crippen LogP contribution < -0.4 is 0 Å². The molecular formula is C27H30O6. The Morgan fingerprint density at radius 2 is 1.15 bits per heavy atom. The average molecular weight is 451 g/mol. The first kappa shape index (κ1) is 24.6. The summed E-state index contributed by atoms with van der Waals surface area (Å²) in [5.74, 6) is -1.03. The molecule has 0 heterocycles. The van der Waals surface area contributed by atoms with E-state index in [-0.39, 0.29) is 26.2 Å². The molecule has 0 saturated heterocycles. The first-order valence-corrected chi connectivity index (χ1v) is 10.9. The van der Waals surface area contributed by atoms with Crippen molar-refractivity contribution in [3.63, 3.8) is 0 Å². The first-order valence-electron chi connectivity index (χ1n) is 10.9. The van der Waals surface area contributed by atoms with Gasteiger partial charge in [0.2, 0.25) is 0 Å². The lowest BCUT2D eigenvalue weighted by molar-refractivity contribution is -0.162. The van der Waals surface area contributed by atoms with E-state index >= 15 is 0 Å². The van der Waals surface area contributed by atoms with Gasteiger partial charge in [-0.3, -0.25) is 4.79 Å². The molecule has 3 atom stereocenters. The minimum absolute atomic E-state index is 0.0147. The fourth-order valence-corrected chi connectivity index (χ4v) is 3.42. The molecule has 0 aliphatic carbocycles. The van der Waals surface area contributed by atoms with Crippen molar-refractivity contribution >= 4 is 5.97 Å². The van der Waals surface area contributed by atoms with Gasteiger partial charge < -0.3 is 24.4 Å². The summed E-state index contributed by atoms with van der Waals surface area (Å²) >= 11 is 0. The summed E-state index contributed by atoms with van der Waals surface area (Å²) in [4.78, 5) is 11.6. The Kier molecular flexibility index (Phi) is 10.1. The van der Waals surface area contributed by atoms with E-state index in [0.717, 1.165) is 16.7 Å². The van der Waals surface area contributed by atoms with Gasteiger partial charge in [0.15, 0.2) is 0 Å². The van der Waals surface area contributed by atoms with Crippen molar-refractivity contribution in [2.75, 3.05) is 6.61 Å². The zero-order valence-electron chi connectivity index (χ0n) is 18.5. The Morgan fingerprint density at radius 3 is 1.64 bits per heavy atom. The Hall–Kier alpha value is -3.03. The number of aliphatic hydroxyl groups excluding tert-OH is 1. The van der Waals surface area contributed by atoms with E-state index in [1.807, 2.05) is 91.0 Å². The maximum absolute atomic E-state index is 11.6. The largest absolute Gasteiger partial charge is 0.481 e. The minimum Gasteiger partial charge on any atom is -0.481 e. The summed E-state index contributed by atoms with van der Waals surface area (Å²) < 4.78 is 17.7. The Bertz CT molecular complexity index is 933. The molecule has 0 bridgehead atoms. The summed E-state index contributed by atoms with van der Waals surface area (Å²) in [6.45, 7) is 0.741. The summed E-state index contributed by atoms with van der Waals surface area (Å²) in [5.41, 5.74) is 2.80. The van der Waals surface area contributed by atoms with Crippen molar-refractivity contribution in [3.05, 3.63) is 108 Å². The van der Waals surface area contributed by atoms with Gasteiger partial charge in [-0.1, -0.05) is 91.0 Å². The zero-order valence-corrected chi connectivity index (χ0v) is 18.5. The van der Waals surface area contributed by atoms with Gasteiger partial charge in [0, 0.05) is 0 Å². The van der Waals surface area contributed by atoms with Gasteiger partial charge in [0.25, 0.3) is 0 Å². The predicted molar refractivity (Wildman–Crippen MR) is 124 cm³/mol. The van der Waals surface area contributed by atoms with E-state index in [0.29, 0.717) is 6.61 Å². The van der Waals surface area contributed by atoms with Crippen LogP contribution in [0.15, 0.2) is 91.0 Å². The number of carboxylic acids is 1. The van der Waals surface area contributed by atoms with Crippen molar-refractivity contribution in [1.82, 2.24) is 0 Å². The van der Waals surface area contributed by atoms with Gasteiger partial charge in [0.05, 0.1) is 39.0 Å². The molecule has 3 aromatic rings. The van der Waals surface area contributed by atoms with E-state index in [1.165, 1.54) is 0 Å². The smallest absolute Gasteiger partial charge is 0.306 e. The molecule has 0 amide bonds. The SMILES string of the molecule is O=C(O)C[C@@H](OCc1ccccc1)[C@H](OCc1ccccc1)[C@H](O)COCc1ccccc1. The maximum Gasteiger partial charge on any atom is 0.306 e. The Morgan fingerprint density at radius 1 is 0.697 bits per heavy atom. The van der Waals surface area contributed by atoms with Crippen LogP contribution >= 0.6 is 0 Å². The van der Waals surface area contributed by atoms with Crippen LogP contribution in [0, 0.1) is 0 Å². The molecule has 0 spiro atoms. The second kappa shape index (κ2) is 13.5. The highest BCUT2D eigenvalue weighted by Gasteiger charge is 2.32. The van der Waals surface area contributed by atoms with Crippen LogP contribution in [0.1, 0.15) is 23.1 Å². The van der Waals surface area contributed by atoms with Crippen LogP contribution in [0.25, 0.3) is 0 Å². The quantitative estimate of drug-likeness (QED) is 0.383. The Balaban J connectivity index is 1.68. The lowest BCUT2D eigenvalue weighted by atomic mass is 10.0. The minimum atomic E-state index is -1.07. The highest BCUT2D eigenvalue weighted by Crippen LogP contribution is 2.18. The Labute approximate surface area is 194 Å². The molecule has 0 saturated carbocycles. The molecule has 0 aromatic heterocycles. The van der Waals surface area contributed by atoms with Crippen molar-refractivity contribution in [2.24, 2.45) is 0 Å². The van der Waals surface area contributed by atoms with E-state index in [1.54, 1.807) is 0 Å². The van der Waals surface area contributed by atoms with Crippen LogP contribution in [-0.2, 0) is 38.8 Å². The second-order valence-corrected chi connectivity index (χ2v) is 7.76. The number of hydrogen-bond donors (Lipinski definition) is 2. The number of hydrogen-bond acceptors (Lipinski definition) is 5. The lowest BCUT2D eigenvalue weighted by Gasteiger charge is -2.30. The van der Waals surface area contributed by atoms with Crippen molar-refractivity contribution in [3.8, 4) is 0 Å². The van der Waals surface area contributed by atoms with Gasteiger partial charge in [-0.15, -0.1) is 0 Å². The molecule has 6 nitrogen and oxygen atoms in total. The first-order chi connectivity index (χ1) is 16.1. The molecule has 2 N–H and O–H groups in total. The van der Waals surface area contributed by atoms with Gasteiger partial charge in [-0.2, -0.15) is 0 Å². The van der Waals surface area contributed by atoms with Gasteiger partial charge >= 0.3 is 5.97 Å². The molecular weight excluding hydrogens is 420 g/mol. The van der Waals surface area contributed by atoms with Gasteiger partial charge in [-0.25, -0.2) is 0 Å². The van der Waals surface area contributed by atoms with Crippen LogP contribution in [-0.4, -0.2) is 41.1 Å². The van der Waals surface area contributed by atoms with E-state index in [2.05, 4.69) is 0 Å². The normalized spacial score (nSPS) is 13.8. The highest BCUT2D eigenvalue weighted by molar-refractivity contribution is 5.67. The van der Waals surface area contributed by atoms with Crippen LogP contribution in [0.2, 0.25) is 0 Å². The monoisotopic (exact) mass is 450 g/mol. The molecule has 3 rings (SSSR count). The fraction of sp³-hybridized carbons (Fsp3) is 0.296. The molecule has 0 aliphatic heterocycles. The molecule has 174 valence electrons. The molecule has 0 fully saturated rings. The van der Waals surface area contributed by atoms with Gasteiger partial charge in [-0.05, 0) is 16.7 Å². The molecule has 33 heavy (non-hydrogen) atoms. The molecule has 0 unspecified atom stereocenters. The number of ether oxygens (including phenoxy) is 3. The number of rotatable bonds is 14. The van der Waals surface area contributed by atoms with Crippen molar-refractivity contribution in [2.45, 2.75) is 44.6 Å². The summed E-state index contributed by atoms with van der Waals surface area (Å²) in [6, 6.07) is 28.6. The van der Waals surface area contributed by atoms with Crippen molar-refractivity contribution in [1.29, 1.82) is 0 Å². The topological polar surface area (TPSA) is 85.2 Å². The number of benzene rings is 3. The number of carboxylic acid groups (broad SMARTS) is 1.